The van der Waals surface area contributed by atoms with Gasteiger partial charge in [-0.2, -0.15) is 10.1 Å². The van der Waals surface area contributed by atoms with E-state index in [0.717, 1.165) is 31.2 Å². The number of fused-ring (bicyclic) bond motifs is 1. The summed E-state index contributed by atoms with van der Waals surface area (Å²) in [5.41, 5.74) is 6.40. The fourth-order valence-electron chi connectivity index (χ4n) is 4.00. The summed E-state index contributed by atoms with van der Waals surface area (Å²) in [6, 6.07) is 9.21. The Morgan fingerprint density at radius 2 is 1.90 bits per heavy atom. The predicted molar refractivity (Wildman–Crippen MR) is 117 cm³/mol. The summed E-state index contributed by atoms with van der Waals surface area (Å²) in [7, 11) is -1.56. The number of carbonyl (C=O) groups is 1. The molecule has 2 heterocycles. The first kappa shape index (κ1) is 21.2. The van der Waals surface area contributed by atoms with E-state index in [2.05, 4.69) is 20.4 Å². The van der Waals surface area contributed by atoms with Crippen LogP contribution in [0.3, 0.4) is 0 Å². The molecular formula is C20H25N7O3S. The van der Waals surface area contributed by atoms with Crippen molar-refractivity contribution in [2.75, 3.05) is 18.6 Å². The minimum atomic E-state index is -3.19. The average Bonchev–Trinajstić information content (AvgIpc) is 3.13. The molecule has 4 rings (SSSR count). The van der Waals surface area contributed by atoms with E-state index in [9.17, 15) is 13.2 Å². The van der Waals surface area contributed by atoms with Gasteiger partial charge in [0.1, 0.15) is 0 Å². The van der Waals surface area contributed by atoms with E-state index in [1.54, 1.807) is 30.1 Å². The van der Waals surface area contributed by atoms with Crippen LogP contribution in [0.2, 0.25) is 0 Å². The van der Waals surface area contributed by atoms with Crippen molar-refractivity contribution in [3.05, 3.63) is 42.2 Å². The van der Waals surface area contributed by atoms with E-state index < -0.39 is 15.9 Å². The molecule has 3 N–H and O–H groups in total. The first-order valence-corrected chi connectivity index (χ1v) is 11.9. The zero-order valence-corrected chi connectivity index (χ0v) is 18.2. The first-order valence-electron chi connectivity index (χ1n) is 10.0. The number of rotatable bonds is 6. The van der Waals surface area contributed by atoms with Gasteiger partial charge in [0.2, 0.25) is 16.0 Å². The van der Waals surface area contributed by atoms with E-state index in [1.807, 2.05) is 18.2 Å². The Bertz CT molecular complexity index is 1220. The molecule has 0 unspecified atom stereocenters. The molecule has 0 saturated heterocycles. The zero-order valence-electron chi connectivity index (χ0n) is 17.4. The lowest BCUT2D eigenvalue weighted by Crippen LogP contribution is -2.41. The number of hydrogen-bond donors (Lipinski definition) is 2. The molecule has 1 aliphatic rings. The summed E-state index contributed by atoms with van der Waals surface area (Å²) in [5, 5.41) is 8.37. The number of hydrogen-bond acceptors (Lipinski definition) is 7. The van der Waals surface area contributed by atoms with Crippen LogP contribution in [0, 0.1) is 0 Å². The lowest BCUT2D eigenvalue weighted by molar-refractivity contribution is 0.0996. The largest absolute Gasteiger partial charge is 0.364 e. The van der Waals surface area contributed by atoms with Crippen LogP contribution in [0.5, 0.6) is 0 Å². The van der Waals surface area contributed by atoms with Gasteiger partial charge >= 0.3 is 0 Å². The van der Waals surface area contributed by atoms with E-state index in [1.165, 1.54) is 10.6 Å². The number of benzene rings is 1. The van der Waals surface area contributed by atoms with Crippen LogP contribution in [-0.4, -0.2) is 63.8 Å². The van der Waals surface area contributed by atoms with Crippen LogP contribution >= 0.6 is 0 Å². The summed E-state index contributed by atoms with van der Waals surface area (Å²) >= 11 is 0. The van der Waals surface area contributed by atoms with Gasteiger partial charge in [-0.05, 0) is 31.7 Å². The van der Waals surface area contributed by atoms with Crippen molar-refractivity contribution in [1.29, 1.82) is 0 Å². The number of carbonyl (C=O) groups excluding carboxylic acids is 1. The van der Waals surface area contributed by atoms with Crippen LogP contribution in [0.4, 0.5) is 5.95 Å². The second-order valence-electron chi connectivity index (χ2n) is 7.81. The van der Waals surface area contributed by atoms with Crippen LogP contribution in [0.1, 0.15) is 36.2 Å². The molecule has 164 valence electrons. The molecule has 1 fully saturated rings. The molecule has 31 heavy (non-hydrogen) atoms. The van der Waals surface area contributed by atoms with Crippen molar-refractivity contribution >= 4 is 32.8 Å². The molecule has 11 heteroatoms. The fraction of sp³-hybridized carbons (Fsp3) is 0.400. The SMILES string of the molecule is CN([C@H]1CC[C@H](Nc2nccc(-n3nc(C(N)=O)c4ccccc43)n2)CC1)S(C)(=O)=O. The highest BCUT2D eigenvalue weighted by Gasteiger charge is 2.28. The molecular weight excluding hydrogens is 418 g/mol. The normalized spacial score (nSPS) is 19.6. The number of anilines is 1. The third-order valence-electron chi connectivity index (χ3n) is 5.75. The molecule has 0 radical (unpaired) electrons. The third kappa shape index (κ3) is 4.37. The van der Waals surface area contributed by atoms with Gasteiger partial charge in [0.15, 0.2) is 11.5 Å². The molecule has 0 aliphatic heterocycles. The molecule has 1 amide bonds. The van der Waals surface area contributed by atoms with Crippen LogP contribution in [0.15, 0.2) is 36.5 Å². The standard InChI is InChI=1S/C20H25N7O3S/c1-26(31(2,29)30)14-9-7-13(8-10-14)23-20-22-12-11-17(24-20)27-16-6-4-3-5-15(16)18(25-27)19(21)28/h3-6,11-14H,7-10H2,1-2H3,(H2,21,28)(H,22,23,24)/t13-,14-. The Kier molecular flexibility index (Phi) is 5.63. The summed E-state index contributed by atoms with van der Waals surface area (Å²) < 4.78 is 26.6. The zero-order chi connectivity index (χ0) is 22.2. The maximum Gasteiger partial charge on any atom is 0.269 e. The van der Waals surface area contributed by atoms with Gasteiger partial charge in [-0.1, -0.05) is 18.2 Å². The Balaban J connectivity index is 1.52. The van der Waals surface area contributed by atoms with Crippen molar-refractivity contribution in [3.63, 3.8) is 0 Å². The monoisotopic (exact) mass is 443 g/mol. The van der Waals surface area contributed by atoms with Crippen LogP contribution < -0.4 is 11.1 Å². The number of nitrogens with zero attached hydrogens (tertiary/aromatic N) is 5. The van der Waals surface area contributed by atoms with Gasteiger partial charge < -0.3 is 11.1 Å². The van der Waals surface area contributed by atoms with Gasteiger partial charge in [-0.3, -0.25) is 4.79 Å². The molecule has 0 atom stereocenters. The van der Waals surface area contributed by atoms with E-state index in [-0.39, 0.29) is 17.8 Å². The number of primary amides is 1. The summed E-state index contributed by atoms with van der Waals surface area (Å²) in [6.07, 6.45) is 6.04. The number of nitrogens with one attached hydrogen (secondary N) is 1. The van der Waals surface area contributed by atoms with E-state index >= 15 is 0 Å². The molecule has 0 bridgehead atoms. The third-order valence-corrected chi connectivity index (χ3v) is 7.09. The van der Waals surface area contributed by atoms with Gasteiger partial charge in [-0.15, -0.1) is 0 Å². The molecule has 1 aromatic carbocycles. The quantitative estimate of drug-likeness (QED) is 0.589. The predicted octanol–water partition coefficient (Wildman–Crippen LogP) is 1.53. The minimum Gasteiger partial charge on any atom is -0.364 e. The topological polar surface area (TPSA) is 136 Å². The molecule has 0 spiro atoms. The summed E-state index contributed by atoms with van der Waals surface area (Å²) in [5.74, 6) is 0.377. The summed E-state index contributed by atoms with van der Waals surface area (Å²) in [6.45, 7) is 0. The van der Waals surface area contributed by atoms with Crippen molar-refractivity contribution in [2.24, 2.45) is 5.73 Å². The average molecular weight is 444 g/mol. The molecule has 1 saturated carbocycles. The van der Waals surface area contributed by atoms with Gasteiger partial charge in [0.25, 0.3) is 5.91 Å². The Hall–Kier alpha value is -3.05. The van der Waals surface area contributed by atoms with Gasteiger partial charge in [0, 0.05) is 36.8 Å². The maximum atomic E-state index is 11.8. The van der Waals surface area contributed by atoms with Gasteiger partial charge in [0.05, 0.1) is 11.8 Å². The molecule has 1 aliphatic carbocycles. The maximum absolute atomic E-state index is 11.8. The number of para-hydroxylation sites is 1. The second kappa shape index (κ2) is 8.23. The van der Waals surface area contributed by atoms with E-state index in [4.69, 9.17) is 5.73 Å². The fourth-order valence-corrected chi connectivity index (χ4v) is 4.75. The number of amides is 1. The van der Waals surface area contributed by atoms with Crippen molar-refractivity contribution in [1.82, 2.24) is 24.1 Å². The van der Waals surface area contributed by atoms with Crippen molar-refractivity contribution in [3.8, 4) is 5.82 Å². The Morgan fingerprint density at radius 1 is 1.19 bits per heavy atom. The number of nitrogens with two attached hydrogens (primary N) is 1. The second-order valence-corrected chi connectivity index (χ2v) is 9.85. The van der Waals surface area contributed by atoms with E-state index in [0.29, 0.717) is 17.2 Å². The summed E-state index contributed by atoms with van der Waals surface area (Å²) in [4.78, 5) is 20.7. The van der Waals surface area contributed by atoms with Crippen molar-refractivity contribution < 1.29 is 13.2 Å². The van der Waals surface area contributed by atoms with Crippen LogP contribution in [-0.2, 0) is 10.0 Å². The molecule has 2 aromatic heterocycles. The highest BCUT2D eigenvalue weighted by Crippen LogP contribution is 2.26. The Morgan fingerprint density at radius 3 is 2.58 bits per heavy atom. The van der Waals surface area contributed by atoms with Crippen molar-refractivity contribution in [2.45, 2.75) is 37.8 Å². The Labute approximate surface area is 180 Å². The highest BCUT2D eigenvalue weighted by molar-refractivity contribution is 7.88. The number of sulfonamides is 1. The highest BCUT2D eigenvalue weighted by atomic mass is 32.2. The first-order chi connectivity index (χ1) is 14.7. The lowest BCUT2D eigenvalue weighted by Gasteiger charge is -2.33. The molecule has 3 aromatic rings. The van der Waals surface area contributed by atoms with Crippen LogP contribution in [0.25, 0.3) is 16.7 Å². The lowest BCUT2D eigenvalue weighted by atomic mass is 9.91. The van der Waals surface area contributed by atoms with Gasteiger partial charge in [-0.25, -0.2) is 22.4 Å². The number of aromatic nitrogens is 4. The minimum absolute atomic E-state index is 0.0166. The molecule has 10 nitrogen and oxygen atoms in total. The smallest absolute Gasteiger partial charge is 0.269 e.